The molecule has 0 spiro atoms. The molecule has 0 aliphatic heterocycles. The second-order valence-corrected chi connectivity index (χ2v) is 8.15. The lowest BCUT2D eigenvalue weighted by atomic mass is 10.1. The maximum Gasteiger partial charge on any atom is 0.270 e. The first kappa shape index (κ1) is 20.8. The Morgan fingerprint density at radius 2 is 1.97 bits per heavy atom. The van der Waals surface area contributed by atoms with E-state index >= 15 is 0 Å². The summed E-state index contributed by atoms with van der Waals surface area (Å²) in [5.74, 6) is 0.398. The van der Waals surface area contributed by atoms with Gasteiger partial charge >= 0.3 is 0 Å². The first-order valence-electron chi connectivity index (χ1n) is 8.60. The number of nitriles is 1. The molecule has 1 aromatic heterocycles. The van der Waals surface area contributed by atoms with Gasteiger partial charge in [-0.05, 0) is 18.2 Å². The number of nitrogens with zero attached hydrogens (tertiary/aromatic N) is 3. The molecular weight excluding hydrogens is 406 g/mol. The minimum absolute atomic E-state index is 0.00326. The molecular formula is C20H17N5O4S. The van der Waals surface area contributed by atoms with Gasteiger partial charge in [0, 0.05) is 17.4 Å². The van der Waals surface area contributed by atoms with Gasteiger partial charge in [-0.2, -0.15) is 10.4 Å². The molecule has 0 radical (unpaired) electrons. The molecule has 10 heteroatoms. The van der Waals surface area contributed by atoms with Gasteiger partial charge in [-0.3, -0.25) is 9.78 Å². The van der Waals surface area contributed by atoms with Crippen LogP contribution in [0.1, 0.15) is 11.1 Å². The molecule has 0 fully saturated rings. The zero-order chi connectivity index (χ0) is 21.7. The molecule has 0 saturated carbocycles. The van der Waals surface area contributed by atoms with E-state index in [1.165, 1.54) is 19.4 Å². The third-order valence-electron chi connectivity index (χ3n) is 4.07. The van der Waals surface area contributed by atoms with E-state index in [1.54, 1.807) is 42.5 Å². The first-order valence-corrected chi connectivity index (χ1v) is 10.5. The Morgan fingerprint density at radius 1 is 1.23 bits per heavy atom. The molecule has 1 heterocycles. The standard InChI is InChI=1S/C20H17N5O4S/c1-29-15-9-8-14(17(10-15)30(2,27)28)12-22-25-20-23-18(13-6-4-3-5-7-13)16(11-21)19(26)24-20/h3-10,12H,1-2H3,(H2,23,24,25,26). The highest BCUT2D eigenvalue weighted by atomic mass is 32.2. The van der Waals surface area contributed by atoms with E-state index < -0.39 is 15.4 Å². The Bertz CT molecular complexity index is 1310. The number of ether oxygens (including phenoxy) is 1. The van der Waals surface area contributed by atoms with E-state index in [-0.39, 0.29) is 22.1 Å². The van der Waals surface area contributed by atoms with Gasteiger partial charge in [0.2, 0.25) is 5.95 Å². The third-order valence-corrected chi connectivity index (χ3v) is 5.23. The largest absolute Gasteiger partial charge is 0.497 e. The zero-order valence-corrected chi connectivity index (χ0v) is 16.9. The second kappa shape index (κ2) is 8.59. The minimum Gasteiger partial charge on any atom is -0.497 e. The highest BCUT2D eigenvalue weighted by Crippen LogP contribution is 2.22. The number of hydrogen-bond donors (Lipinski definition) is 2. The molecule has 9 nitrogen and oxygen atoms in total. The number of aromatic nitrogens is 2. The number of rotatable bonds is 6. The van der Waals surface area contributed by atoms with Crippen molar-refractivity contribution in [1.29, 1.82) is 5.26 Å². The summed E-state index contributed by atoms with van der Waals surface area (Å²) in [6, 6.07) is 15.2. The minimum atomic E-state index is -3.53. The zero-order valence-electron chi connectivity index (χ0n) is 16.1. The van der Waals surface area contributed by atoms with Crippen LogP contribution in [0.5, 0.6) is 5.75 Å². The predicted octanol–water partition coefficient (Wildman–Crippen LogP) is 2.17. The van der Waals surface area contributed by atoms with Crippen LogP contribution in [0.2, 0.25) is 0 Å². The molecule has 0 amide bonds. The lowest BCUT2D eigenvalue weighted by Crippen LogP contribution is -2.16. The smallest absolute Gasteiger partial charge is 0.270 e. The second-order valence-electron chi connectivity index (χ2n) is 6.16. The van der Waals surface area contributed by atoms with Crippen LogP contribution in [0.4, 0.5) is 5.95 Å². The topological polar surface area (TPSA) is 137 Å². The number of hydrazone groups is 1. The molecule has 0 unspecified atom stereocenters. The summed E-state index contributed by atoms with van der Waals surface area (Å²) in [5.41, 5.74) is 2.96. The van der Waals surface area contributed by atoms with E-state index in [4.69, 9.17) is 4.74 Å². The summed E-state index contributed by atoms with van der Waals surface area (Å²) in [7, 11) is -2.09. The number of aromatic amines is 1. The number of nitrogens with one attached hydrogen (secondary N) is 2. The molecule has 0 bridgehead atoms. The van der Waals surface area contributed by atoms with Crippen LogP contribution in [0.15, 0.2) is 63.3 Å². The molecule has 0 saturated heterocycles. The van der Waals surface area contributed by atoms with Gasteiger partial charge in [0.25, 0.3) is 5.56 Å². The van der Waals surface area contributed by atoms with Crippen LogP contribution in [-0.2, 0) is 9.84 Å². The maximum atomic E-state index is 12.3. The van der Waals surface area contributed by atoms with Crippen LogP contribution < -0.4 is 15.7 Å². The van der Waals surface area contributed by atoms with Crippen LogP contribution in [0, 0.1) is 11.3 Å². The maximum absolute atomic E-state index is 12.3. The van der Waals surface area contributed by atoms with Crippen molar-refractivity contribution in [2.24, 2.45) is 5.10 Å². The molecule has 0 aliphatic carbocycles. The van der Waals surface area contributed by atoms with Gasteiger partial charge < -0.3 is 4.74 Å². The van der Waals surface area contributed by atoms with E-state index in [0.717, 1.165) is 6.26 Å². The van der Waals surface area contributed by atoms with Crippen molar-refractivity contribution in [2.45, 2.75) is 4.90 Å². The number of sulfone groups is 1. The first-order chi connectivity index (χ1) is 14.3. The number of H-pyrrole nitrogens is 1. The fraction of sp³-hybridized carbons (Fsp3) is 0.100. The van der Waals surface area contributed by atoms with Crippen LogP contribution in [-0.4, -0.2) is 38.0 Å². The molecule has 152 valence electrons. The number of methoxy groups -OCH3 is 1. The molecule has 30 heavy (non-hydrogen) atoms. The van der Waals surface area contributed by atoms with Crippen LogP contribution >= 0.6 is 0 Å². The van der Waals surface area contributed by atoms with Crippen LogP contribution in [0.3, 0.4) is 0 Å². The highest BCUT2D eigenvalue weighted by Gasteiger charge is 2.15. The average molecular weight is 423 g/mol. The Morgan fingerprint density at radius 3 is 2.60 bits per heavy atom. The van der Waals surface area contributed by atoms with Gasteiger partial charge in [0.15, 0.2) is 9.84 Å². The van der Waals surface area contributed by atoms with Crippen molar-refractivity contribution in [1.82, 2.24) is 9.97 Å². The average Bonchev–Trinajstić information content (AvgIpc) is 2.73. The summed E-state index contributed by atoms with van der Waals surface area (Å²) >= 11 is 0. The fourth-order valence-corrected chi connectivity index (χ4v) is 3.55. The third kappa shape index (κ3) is 4.53. The molecule has 2 N–H and O–H groups in total. The Kier molecular flexibility index (Phi) is 5.94. The summed E-state index contributed by atoms with van der Waals surface area (Å²) in [6.45, 7) is 0. The number of benzene rings is 2. The lowest BCUT2D eigenvalue weighted by Gasteiger charge is -2.07. The van der Waals surface area contributed by atoms with Crippen molar-refractivity contribution >= 4 is 22.0 Å². The predicted molar refractivity (Wildman–Crippen MR) is 112 cm³/mol. The number of hydrogen-bond acceptors (Lipinski definition) is 8. The van der Waals surface area contributed by atoms with Crippen molar-refractivity contribution in [3.05, 3.63) is 70.0 Å². The van der Waals surface area contributed by atoms with Crippen molar-refractivity contribution in [2.75, 3.05) is 18.8 Å². The lowest BCUT2D eigenvalue weighted by molar-refractivity contribution is 0.413. The summed E-state index contributed by atoms with van der Waals surface area (Å²) in [5, 5.41) is 13.3. The van der Waals surface area contributed by atoms with E-state index in [9.17, 15) is 18.5 Å². The molecule has 3 aromatic rings. The van der Waals surface area contributed by atoms with Crippen molar-refractivity contribution in [3.63, 3.8) is 0 Å². The highest BCUT2D eigenvalue weighted by molar-refractivity contribution is 7.90. The van der Waals surface area contributed by atoms with Crippen molar-refractivity contribution in [3.8, 4) is 23.1 Å². The van der Waals surface area contributed by atoms with E-state index in [0.29, 0.717) is 16.9 Å². The van der Waals surface area contributed by atoms with E-state index in [2.05, 4.69) is 20.5 Å². The van der Waals surface area contributed by atoms with Gasteiger partial charge in [-0.15, -0.1) is 0 Å². The van der Waals surface area contributed by atoms with Gasteiger partial charge in [0.05, 0.1) is 23.9 Å². The SMILES string of the molecule is COc1ccc(C=NNc2nc(-c3ccccc3)c(C#N)c(=O)[nH]2)c(S(C)(=O)=O)c1. The molecule has 3 rings (SSSR count). The monoisotopic (exact) mass is 423 g/mol. The van der Waals surface area contributed by atoms with Gasteiger partial charge in [-0.25, -0.2) is 18.8 Å². The summed E-state index contributed by atoms with van der Waals surface area (Å²) < 4.78 is 29.2. The quantitative estimate of drug-likeness (QED) is 0.458. The molecule has 0 aliphatic rings. The Balaban J connectivity index is 1.96. The normalized spacial score (nSPS) is 11.2. The number of anilines is 1. The fourth-order valence-electron chi connectivity index (χ4n) is 2.67. The molecule has 0 atom stereocenters. The molecule has 2 aromatic carbocycles. The van der Waals surface area contributed by atoms with Gasteiger partial charge in [-0.1, -0.05) is 30.3 Å². The summed E-state index contributed by atoms with van der Waals surface area (Å²) in [4.78, 5) is 19.0. The van der Waals surface area contributed by atoms with Gasteiger partial charge in [0.1, 0.15) is 17.4 Å². The van der Waals surface area contributed by atoms with Crippen molar-refractivity contribution < 1.29 is 13.2 Å². The summed E-state index contributed by atoms with van der Waals surface area (Å²) in [6.07, 6.45) is 2.37. The van der Waals surface area contributed by atoms with E-state index in [1.807, 2.05) is 6.07 Å². The Labute approximate surface area is 172 Å². The van der Waals surface area contributed by atoms with Crippen LogP contribution in [0.25, 0.3) is 11.3 Å². The Hall–Kier alpha value is -3.97.